The number of fused-ring (bicyclic) bond motifs is 1. The van der Waals surface area contributed by atoms with Gasteiger partial charge in [-0.05, 0) is 34.9 Å². The van der Waals surface area contributed by atoms with Crippen molar-refractivity contribution in [1.29, 1.82) is 0 Å². The number of terminal acetylenes is 1. The lowest BCUT2D eigenvalue weighted by molar-refractivity contribution is -0.188. The molecule has 3 atom stereocenters. The van der Waals surface area contributed by atoms with Crippen LogP contribution in [0.3, 0.4) is 0 Å². The van der Waals surface area contributed by atoms with Gasteiger partial charge in [-0.2, -0.15) is 9.97 Å². The lowest BCUT2D eigenvalue weighted by atomic mass is 9.94. The standard InChI is InChI=1S/C28H25ClN6O6/c1-2-19-12-21(41-20(19)15-40-28(25(36)37,26(38)39)13-17-6-4-3-5-7-17)35-16-32-22-23(33-27(29)34-24(22)35)31-14-18-8-10-30-11-9-18/h1,3-11,16,19-21H,12-15H2,(H,36,37)(H,38,39)(H,31,33,34). The van der Waals surface area contributed by atoms with Crippen molar-refractivity contribution in [3.05, 3.63) is 77.6 Å². The van der Waals surface area contributed by atoms with Gasteiger partial charge in [0.2, 0.25) is 5.28 Å². The fourth-order valence-electron chi connectivity index (χ4n) is 4.67. The van der Waals surface area contributed by atoms with Gasteiger partial charge in [0.05, 0.1) is 25.0 Å². The summed E-state index contributed by atoms with van der Waals surface area (Å²) in [4.78, 5) is 41.5. The number of imidazole rings is 1. The fourth-order valence-corrected chi connectivity index (χ4v) is 4.83. The van der Waals surface area contributed by atoms with Crippen LogP contribution >= 0.6 is 11.6 Å². The van der Waals surface area contributed by atoms with Crippen molar-refractivity contribution < 1.29 is 29.3 Å². The van der Waals surface area contributed by atoms with Crippen LogP contribution in [-0.4, -0.2) is 65.0 Å². The minimum atomic E-state index is -2.53. The summed E-state index contributed by atoms with van der Waals surface area (Å²) >= 11 is 6.23. The van der Waals surface area contributed by atoms with Gasteiger partial charge in [-0.25, -0.2) is 14.6 Å². The summed E-state index contributed by atoms with van der Waals surface area (Å²) in [5.41, 5.74) is -0.195. The van der Waals surface area contributed by atoms with Crippen LogP contribution in [-0.2, 0) is 32.0 Å². The van der Waals surface area contributed by atoms with Gasteiger partial charge in [0.15, 0.2) is 17.0 Å². The molecule has 0 aliphatic carbocycles. The summed E-state index contributed by atoms with van der Waals surface area (Å²) in [7, 11) is 0. The Morgan fingerprint density at radius 2 is 1.88 bits per heavy atom. The Kier molecular flexibility index (Phi) is 8.11. The number of carboxylic acid groups (broad SMARTS) is 2. The monoisotopic (exact) mass is 576 g/mol. The summed E-state index contributed by atoms with van der Waals surface area (Å²) in [6.07, 6.45) is 9.18. The number of nitrogens with zero attached hydrogens (tertiary/aromatic N) is 5. The van der Waals surface area contributed by atoms with E-state index >= 15 is 0 Å². The number of halogens is 1. The Balaban J connectivity index is 1.35. The lowest BCUT2D eigenvalue weighted by Crippen LogP contribution is -2.52. The number of benzene rings is 1. The molecule has 0 saturated carbocycles. The fraction of sp³-hybridized carbons (Fsp3) is 0.286. The molecule has 5 rings (SSSR count). The normalized spacial score (nSPS) is 18.7. The van der Waals surface area contributed by atoms with Crippen molar-refractivity contribution in [3.8, 4) is 12.3 Å². The van der Waals surface area contributed by atoms with Crippen molar-refractivity contribution in [2.24, 2.45) is 5.92 Å². The highest BCUT2D eigenvalue weighted by Crippen LogP contribution is 2.36. The Morgan fingerprint density at radius 1 is 1.15 bits per heavy atom. The molecule has 1 aliphatic heterocycles. The lowest BCUT2D eigenvalue weighted by Gasteiger charge is -2.27. The zero-order valence-electron chi connectivity index (χ0n) is 21.6. The zero-order chi connectivity index (χ0) is 29.0. The van der Waals surface area contributed by atoms with E-state index < -0.39 is 35.8 Å². The first-order valence-corrected chi connectivity index (χ1v) is 13.0. The van der Waals surface area contributed by atoms with Crippen molar-refractivity contribution >= 4 is 40.5 Å². The Labute approximate surface area is 239 Å². The number of rotatable bonds is 11. The molecule has 210 valence electrons. The highest BCUT2D eigenvalue weighted by atomic mass is 35.5. The Hall–Kier alpha value is -4.57. The molecule has 0 radical (unpaired) electrons. The van der Waals surface area contributed by atoms with Crippen molar-refractivity contribution in [1.82, 2.24) is 24.5 Å². The molecule has 3 unspecified atom stereocenters. The first-order chi connectivity index (χ1) is 19.8. The molecule has 41 heavy (non-hydrogen) atoms. The second-order valence-electron chi connectivity index (χ2n) is 9.42. The van der Waals surface area contributed by atoms with E-state index in [1.54, 1.807) is 47.3 Å². The summed E-state index contributed by atoms with van der Waals surface area (Å²) < 4.78 is 13.5. The number of hydrogen-bond donors (Lipinski definition) is 3. The number of aliphatic carboxylic acids is 2. The van der Waals surface area contributed by atoms with Gasteiger partial charge in [-0.15, -0.1) is 12.3 Å². The molecule has 1 aliphatic rings. The number of carbonyl (C=O) groups is 2. The molecule has 4 aromatic rings. The van der Waals surface area contributed by atoms with Gasteiger partial charge in [0.25, 0.3) is 5.60 Å². The van der Waals surface area contributed by atoms with E-state index in [-0.39, 0.29) is 18.3 Å². The highest BCUT2D eigenvalue weighted by Gasteiger charge is 2.50. The number of ether oxygens (including phenoxy) is 2. The number of pyridine rings is 1. The highest BCUT2D eigenvalue weighted by molar-refractivity contribution is 6.28. The topological polar surface area (TPSA) is 162 Å². The van der Waals surface area contributed by atoms with Crippen LogP contribution in [0, 0.1) is 18.3 Å². The SMILES string of the molecule is C#CC1CC(n2cnc3c(NCc4ccncc4)nc(Cl)nc32)OC1COC(Cc1ccccc1)(C(=O)O)C(=O)O. The minimum Gasteiger partial charge on any atom is -0.479 e. The van der Waals surface area contributed by atoms with Crippen LogP contribution < -0.4 is 5.32 Å². The van der Waals surface area contributed by atoms with Crippen LogP contribution in [0.5, 0.6) is 0 Å². The molecular weight excluding hydrogens is 552 g/mol. The van der Waals surface area contributed by atoms with Gasteiger partial charge in [0, 0.05) is 31.8 Å². The molecule has 3 N–H and O–H groups in total. The Bertz CT molecular complexity index is 1580. The van der Waals surface area contributed by atoms with Gasteiger partial charge in [-0.3, -0.25) is 9.55 Å². The predicted molar refractivity (Wildman–Crippen MR) is 147 cm³/mol. The maximum Gasteiger partial charge on any atom is 0.348 e. The number of anilines is 1. The molecule has 1 fully saturated rings. The molecular formula is C28H25ClN6O6. The van der Waals surface area contributed by atoms with Crippen molar-refractivity contribution in [2.45, 2.75) is 37.3 Å². The summed E-state index contributed by atoms with van der Waals surface area (Å²) in [5, 5.41) is 23.0. The molecule has 13 heteroatoms. The third-order valence-electron chi connectivity index (χ3n) is 6.84. The summed E-state index contributed by atoms with van der Waals surface area (Å²) in [6, 6.07) is 12.1. The average Bonchev–Trinajstić information content (AvgIpc) is 3.58. The molecule has 0 spiro atoms. The van der Waals surface area contributed by atoms with Gasteiger partial charge in [0.1, 0.15) is 6.23 Å². The van der Waals surface area contributed by atoms with Crippen LogP contribution in [0.15, 0.2) is 61.2 Å². The first kappa shape index (κ1) is 28.0. The molecule has 0 bridgehead atoms. The van der Waals surface area contributed by atoms with Crippen molar-refractivity contribution in [2.75, 3.05) is 11.9 Å². The maximum absolute atomic E-state index is 12.2. The van der Waals surface area contributed by atoms with E-state index in [2.05, 4.69) is 31.2 Å². The van der Waals surface area contributed by atoms with E-state index in [0.29, 0.717) is 35.5 Å². The predicted octanol–water partition coefficient (Wildman–Crippen LogP) is 3.19. The summed E-state index contributed by atoms with van der Waals surface area (Å²) in [6.45, 7) is 0.0894. The Morgan fingerprint density at radius 3 is 2.56 bits per heavy atom. The van der Waals surface area contributed by atoms with Crippen molar-refractivity contribution in [3.63, 3.8) is 0 Å². The quantitative estimate of drug-likeness (QED) is 0.136. The number of carboxylic acids is 2. The number of hydrogen-bond acceptors (Lipinski definition) is 9. The average molecular weight is 577 g/mol. The largest absolute Gasteiger partial charge is 0.479 e. The second kappa shape index (κ2) is 11.9. The molecule has 4 heterocycles. The maximum atomic E-state index is 12.2. The van der Waals surface area contributed by atoms with E-state index in [9.17, 15) is 19.8 Å². The van der Waals surface area contributed by atoms with Gasteiger partial charge in [-0.1, -0.05) is 30.3 Å². The van der Waals surface area contributed by atoms with Crippen LogP contribution in [0.25, 0.3) is 11.2 Å². The molecule has 1 saturated heterocycles. The van der Waals surface area contributed by atoms with Crippen LogP contribution in [0.1, 0.15) is 23.8 Å². The molecule has 12 nitrogen and oxygen atoms in total. The first-order valence-electron chi connectivity index (χ1n) is 12.6. The third-order valence-corrected chi connectivity index (χ3v) is 7.01. The number of aromatic nitrogens is 5. The second-order valence-corrected chi connectivity index (χ2v) is 9.76. The van der Waals surface area contributed by atoms with Gasteiger partial charge < -0.3 is 25.0 Å². The van der Waals surface area contributed by atoms with E-state index in [0.717, 1.165) is 5.56 Å². The zero-order valence-corrected chi connectivity index (χ0v) is 22.3. The van der Waals surface area contributed by atoms with Crippen LogP contribution in [0.2, 0.25) is 5.28 Å². The van der Waals surface area contributed by atoms with E-state index in [4.69, 9.17) is 27.5 Å². The van der Waals surface area contributed by atoms with Gasteiger partial charge >= 0.3 is 11.9 Å². The minimum absolute atomic E-state index is 0.00327. The molecule has 0 amide bonds. The van der Waals surface area contributed by atoms with E-state index in [1.165, 1.54) is 6.33 Å². The summed E-state index contributed by atoms with van der Waals surface area (Å²) in [5.74, 6) is -0.679. The molecule has 3 aromatic heterocycles. The molecule has 1 aromatic carbocycles. The van der Waals surface area contributed by atoms with E-state index in [1.807, 2.05) is 12.1 Å². The number of nitrogens with one attached hydrogen (secondary N) is 1. The van der Waals surface area contributed by atoms with Crippen LogP contribution in [0.4, 0.5) is 5.82 Å². The smallest absolute Gasteiger partial charge is 0.348 e. The third kappa shape index (κ3) is 5.83.